The number of carbonyl (C=O) groups excluding carboxylic acids is 1. The number of anilines is 1. The van der Waals surface area contributed by atoms with Crippen LogP contribution in [0.25, 0.3) is 0 Å². The molecule has 1 N–H and O–H groups in total. The average Bonchev–Trinajstić information content (AvgIpc) is 3.30. The number of hydrogen-bond donors (Lipinski definition) is 1. The predicted octanol–water partition coefficient (Wildman–Crippen LogP) is 6.29. The van der Waals surface area contributed by atoms with Crippen LogP contribution in [0.4, 0.5) is 5.69 Å². The molecule has 1 saturated heterocycles. The maximum atomic E-state index is 13.4. The summed E-state index contributed by atoms with van der Waals surface area (Å²) in [5.41, 5.74) is 1.20. The van der Waals surface area contributed by atoms with Crippen molar-refractivity contribution < 1.29 is 9.53 Å². The van der Waals surface area contributed by atoms with Gasteiger partial charge in [0.05, 0.1) is 12.0 Å². The Morgan fingerprint density at radius 3 is 2.47 bits per heavy atom. The molecule has 4 nitrogen and oxygen atoms in total. The van der Waals surface area contributed by atoms with Crippen LogP contribution in [0, 0.1) is 5.92 Å². The molecule has 4 rings (SSSR count). The predicted molar refractivity (Wildman–Crippen MR) is 132 cm³/mol. The molecule has 2 fully saturated rings. The third-order valence-corrected chi connectivity index (χ3v) is 7.49. The molecule has 5 heteroatoms. The second-order valence-electron chi connectivity index (χ2n) is 9.47. The summed E-state index contributed by atoms with van der Waals surface area (Å²) in [4.78, 5) is 15.9. The number of piperidine rings is 1. The number of nitrogens with one attached hydrogen (secondary N) is 1. The zero-order valence-electron chi connectivity index (χ0n) is 19.1. The lowest BCUT2D eigenvalue weighted by molar-refractivity contribution is -0.121. The van der Waals surface area contributed by atoms with Crippen LogP contribution >= 0.6 is 11.6 Å². The summed E-state index contributed by atoms with van der Waals surface area (Å²) >= 11 is 6.48. The number of hydrogen-bond acceptors (Lipinski definition) is 3. The van der Waals surface area contributed by atoms with Crippen molar-refractivity contribution in [2.24, 2.45) is 5.92 Å². The minimum absolute atomic E-state index is 0.0348. The monoisotopic (exact) mass is 454 g/mol. The molecule has 172 valence electrons. The molecule has 0 aromatic heterocycles. The van der Waals surface area contributed by atoms with E-state index in [0.717, 1.165) is 61.6 Å². The SMILES string of the molecule is CC1CCN(CCCOc2ccc(NC(=O)C3(c4ccccc4Cl)CCCC3)cc2)CC1. The van der Waals surface area contributed by atoms with E-state index in [2.05, 4.69) is 17.1 Å². The van der Waals surface area contributed by atoms with Gasteiger partial charge >= 0.3 is 0 Å². The zero-order valence-corrected chi connectivity index (χ0v) is 19.9. The Balaban J connectivity index is 1.29. The van der Waals surface area contributed by atoms with Gasteiger partial charge in [-0.05, 0) is 87.0 Å². The standard InChI is InChI=1S/C27H35ClN2O2/c1-21-13-18-30(19-14-21)17-6-20-32-23-11-9-22(10-12-23)29-26(31)27(15-4-5-16-27)24-7-2-3-8-25(24)28/h2-3,7-12,21H,4-6,13-20H2,1H3,(H,29,31). The minimum atomic E-state index is -0.542. The lowest BCUT2D eigenvalue weighted by atomic mass is 9.78. The number of halogens is 1. The average molecular weight is 455 g/mol. The summed E-state index contributed by atoms with van der Waals surface area (Å²) in [6.45, 7) is 6.59. The first-order valence-corrected chi connectivity index (χ1v) is 12.5. The van der Waals surface area contributed by atoms with Crippen molar-refractivity contribution in [3.05, 3.63) is 59.1 Å². The maximum Gasteiger partial charge on any atom is 0.235 e. The van der Waals surface area contributed by atoms with E-state index in [9.17, 15) is 4.79 Å². The molecule has 1 heterocycles. The van der Waals surface area contributed by atoms with E-state index in [0.29, 0.717) is 11.6 Å². The maximum absolute atomic E-state index is 13.4. The van der Waals surface area contributed by atoms with Gasteiger partial charge in [-0.3, -0.25) is 4.79 Å². The molecule has 0 unspecified atom stereocenters. The number of ether oxygens (including phenoxy) is 1. The van der Waals surface area contributed by atoms with Crippen molar-refractivity contribution in [1.82, 2.24) is 4.90 Å². The molecule has 2 aromatic rings. The Hall–Kier alpha value is -2.04. The highest BCUT2D eigenvalue weighted by molar-refractivity contribution is 6.31. The second kappa shape index (κ2) is 10.7. The van der Waals surface area contributed by atoms with Crippen LogP contribution in [0.15, 0.2) is 48.5 Å². The van der Waals surface area contributed by atoms with Crippen molar-refractivity contribution in [3.63, 3.8) is 0 Å². The third-order valence-electron chi connectivity index (χ3n) is 7.16. The lowest BCUT2D eigenvalue weighted by Crippen LogP contribution is -2.38. The van der Waals surface area contributed by atoms with Gasteiger partial charge in [-0.1, -0.05) is 49.6 Å². The topological polar surface area (TPSA) is 41.6 Å². The molecule has 1 aliphatic carbocycles. The van der Waals surface area contributed by atoms with Crippen molar-refractivity contribution in [2.75, 3.05) is 31.6 Å². The van der Waals surface area contributed by atoms with E-state index >= 15 is 0 Å². The molecule has 1 aliphatic heterocycles. The Labute approximate surface area is 197 Å². The van der Waals surface area contributed by atoms with Gasteiger partial charge in [0.2, 0.25) is 5.91 Å². The normalized spacial score (nSPS) is 19.1. The molecular weight excluding hydrogens is 420 g/mol. The van der Waals surface area contributed by atoms with Crippen molar-refractivity contribution in [2.45, 2.75) is 57.3 Å². The first kappa shape index (κ1) is 23.1. The minimum Gasteiger partial charge on any atom is -0.494 e. The van der Waals surface area contributed by atoms with Crippen LogP contribution < -0.4 is 10.1 Å². The summed E-state index contributed by atoms with van der Waals surface area (Å²) in [6.07, 6.45) is 7.41. The van der Waals surface area contributed by atoms with E-state index in [1.54, 1.807) is 0 Å². The quantitative estimate of drug-likeness (QED) is 0.476. The summed E-state index contributed by atoms with van der Waals surface area (Å²) in [6, 6.07) is 15.5. The molecule has 32 heavy (non-hydrogen) atoms. The first-order chi connectivity index (χ1) is 15.6. The van der Waals surface area contributed by atoms with E-state index in [4.69, 9.17) is 16.3 Å². The van der Waals surface area contributed by atoms with E-state index < -0.39 is 5.41 Å². The fraction of sp³-hybridized carbons (Fsp3) is 0.519. The number of rotatable bonds is 8. The highest BCUT2D eigenvalue weighted by atomic mass is 35.5. The molecule has 2 aromatic carbocycles. The lowest BCUT2D eigenvalue weighted by Gasteiger charge is -2.30. The molecule has 1 amide bonds. The fourth-order valence-corrected chi connectivity index (χ4v) is 5.41. The number of carbonyl (C=O) groups is 1. The number of nitrogens with zero attached hydrogens (tertiary/aromatic N) is 1. The summed E-state index contributed by atoms with van der Waals surface area (Å²) < 4.78 is 5.93. The largest absolute Gasteiger partial charge is 0.494 e. The molecule has 0 bridgehead atoms. The van der Waals surface area contributed by atoms with Gasteiger partial charge < -0.3 is 15.0 Å². The smallest absolute Gasteiger partial charge is 0.235 e. The van der Waals surface area contributed by atoms with E-state index in [1.165, 1.54) is 25.9 Å². The number of amides is 1. The van der Waals surface area contributed by atoms with Gasteiger partial charge in [0.25, 0.3) is 0 Å². The molecule has 1 saturated carbocycles. The third kappa shape index (κ3) is 5.47. The van der Waals surface area contributed by atoms with Crippen molar-refractivity contribution >= 4 is 23.2 Å². The Morgan fingerprint density at radius 2 is 1.78 bits per heavy atom. The number of likely N-dealkylation sites (tertiary alicyclic amines) is 1. The fourth-order valence-electron chi connectivity index (χ4n) is 5.10. The highest BCUT2D eigenvalue weighted by Gasteiger charge is 2.43. The van der Waals surface area contributed by atoms with E-state index in [-0.39, 0.29) is 5.91 Å². The summed E-state index contributed by atoms with van der Waals surface area (Å²) in [5, 5.41) is 3.81. The van der Waals surface area contributed by atoms with Crippen LogP contribution in [0.5, 0.6) is 5.75 Å². The van der Waals surface area contributed by atoms with Gasteiger partial charge in [-0.2, -0.15) is 0 Å². The Bertz CT molecular complexity index is 885. The zero-order chi connectivity index (χ0) is 22.4. The van der Waals surface area contributed by atoms with Crippen LogP contribution in [0.2, 0.25) is 5.02 Å². The Morgan fingerprint density at radius 1 is 1.09 bits per heavy atom. The van der Waals surface area contributed by atoms with Crippen molar-refractivity contribution in [3.8, 4) is 5.75 Å². The highest BCUT2D eigenvalue weighted by Crippen LogP contribution is 2.44. The van der Waals surface area contributed by atoms with Crippen LogP contribution in [0.3, 0.4) is 0 Å². The second-order valence-corrected chi connectivity index (χ2v) is 9.88. The van der Waals surface area contributed by atoms with Crippen LogP contribution in [0.1, 0.15) is 57.4 Å². The molecule has 0 atom stereocenters. The first-order valence-electron chi connectivity index (χ1n) is 12.1. The molecular formula is C27H35ClN2O2. The number of benzene rings is 2. The van der Waals surface area contributed by atoms with Gasteiger partial charge in [-0.15, -0.1) is 0 Å². The van der Waals surface area contributed by atoms with Gasteiger partial charge in [0.1, 0.15) is 5.75 Å². The van der Waals surface area contributed by atoms with Gasteiger partial charge in [0, 0.05) is 17.3 Å². The van der Waals surface area contributed by atoms with Crippen molar-refractivity contribution in [1.29, 1.82) is 0 Å². The van der Waals surface area contributed by atoms with E-state index in [1.807, 2.05) is 48.5 Å². The van der Waals surface area contributed by atoms with Gasteiger partial charge in [-0.25, -0.2) is 0 Å². The van der Waals surface area contributed by atoms with Crippen LogP contribution in [-0.4, -0.2) is 37.0 Å². The molecule has 0 spiro atoms. The molecule has 0 radical (unpaired) electrons. The molecule has 2 aliphatic rings. The summed E-state index contributed by atoms with van der Waals surface area (Å²) in [7, 11) is 0. The van der Waals surface area contributed by atoms with Crippen LogP contribution in [-0.2, 0) is 10.2 Å². The Kier molecular flexibility index (Phi) is 7.75. The van der Waals surface area contributed by atoms with Gasteiger partial charge in [0.15, 0.2) is 0 Å². The summed E-state index contributed by atoms with van der Waals surface area (Å²) in [5.74, 6) is 1.75.